The van der Waals surface area contributed by atoms with Crippen LogP contribution < -0.4 is 10.6 Å². The summed E-state index contributed by atoms with van der Waals surface area (Å²) in [5, 5.41) is 6.31. The number of hydrogen-bond acceptors (Lipinski definition) is 5. The average molecular weight is 354 g/mol. The molecule has 1 fully saturated rings. The topological polar surface area (TPSA) is 84.5 Å². The average Bonchev–Trinajstić information content (AvgIpc) is 2.52. The van der Waals surface area contributed by atoms with Gasteiger partial charge in [0.25, 0.3) is 5.91 Å². The fourth-order valence-electron chi connectivity index (χ4n) is 3.11. The van der Waals surface area contributed by atoms with Crippen LogP contribution in [0.3, 0.4) is 0 Å². The van der Waals surface area contributed by atoms with Gasteiger partial charge in [-0.25, -0.2) is 8.42 Å². The molecular formula is C17H26N2O4S. The van der Waals surface area contributed by atoms with Crippen LogP contribution in [0.5, 0.6) is 0 Å². The van der Waals surface area contributed by atoms with E-state index in [-0.39, 0.29) is 17.1 Å². The molecule has 1 aliphatic heterocycles. The first-order valence-corrected chi connectivity index (χ1v) is 10.1. The fourth-order valence-corrected chi connectivity index (χ4v) is 3.90. The first-order chi connectivity index (χ1) is 11.3. The molecule has 0 spiro atoms. The van der Waals surface area contributed by atoms with Crippen molar-refractivity contribution >= 4 is 15.7 Å². The molecule has 0 atom stereocenters. The molecule has 1 amide bonds. The second kappa shape index (κ2) is 8.09. The molecule has 134 valence electrons. The number of nitrogens with one attached hydrogen (secondary N) is 2. The quantitative estimate of drug-likeness (QED) is 0.762. The van der Waals surface area contributed by atoms with E-state index in [9.17, 15) is 13.2 Å². The maximum absolute atomic E-state index is 12.4. The lowest BCUT2D eigenvalue weighted by Crippen LogP contribution is -2.47. The van der Waals surface area contributed by atoms with Crippen molar-refractivity contribution in [1.29, 1.82) is 0 Å². The minimum atomic E-state index is -3.12. The molecule has 1 aliphatic rings. The first kappa shape index (κ1) is 18.9. The minimum absolute atomic E-state index is 0.0416. The van der Waals surface area contributed by atoms with Crippen LogP contribution in [-0.2, 0) is 20.3 Å². The zero-order valence-electron chi connectivity index (χ0n) is 14.3. The van der Waals surface area contributed by atoms with Gasteiger partial charge in [0, 0.05) is 30.9 Å². The van der Waals surface area contributed by atoms with E-state index >= 15 is 0 Å². The summed E-state index contributed by atoms with van der Waals surface area (Å²) in [7, 11) is -1.44. The van der Waals surface area contributed by atoms with Gasteiger partial charge in [0.15, 0.2) is 9.84 Å². The summed E-state index contributed by atoms with van der Waals surface area (Å²) < 4.78 is 28.2. The summed E-state index contributed by atoms with van der Waals surface area (Å²) in [6, 6.07) is 6.77. The number of rotatable bonds is 7. The zero-order chi connectivity index (χ0) is 17.6. The Bertz CT molecular complexity index is 661. The van der Waals surface area contributed by atoms with Crippen LogP contribution in [0.4, 0.5) is 0 Å². The summed E-state index contributed by atoms with van der Waals surface area (Å²) >= 11 is 0. The Morgan fingerprint density at radius 2 is 2.04 bits per heavy atom. The molecule has 1 heterocycles. The van der Waals surface area contributed by atoms with Crippen molar-refractivity contribution < 1.29 is 17.9 Å². The van der Waals surface area contributed by atoms with Crippen molar-refractivity contribution in [3.8, 4) is 0 Å². The third-order valence-electron chi connectivity index (χ3n) is 4.36. The standard InChI is InChI=1S/C17H26N2O4S/c1-23-13-17(6-8-18-9-7-17)12-19-16(20)15-5-3-4-14(10-15)11-24(2,21)22/h3-5,10,18H,6-9,11-13H2,1-2H3,(H,19,20). The van der Waals surface area contributed by atoms with Gasteiger partial charge in [0.2, 0.25) is 0 Å². The van der Waals surface area contributed by atoms with Gasteiger partial charge in [-0.3, -0.25) is 4.79 Å². The van der Waals surface area contributed by atoms with Gasteiger partial charge < -0.3 is 15.4 Å². The maximum Gasteiger partial charge on any atom is 0.251 e. The van der Waals surface area contributed by atoms with E-state index in [4.69, 9.17) is 4.74 Å². The fraction of sp³-hybridized carbons (Fsp3) is 0.588. The Labute approximate surface area is 143 Å². The van der Waals surface area contributed by atoms with Gasteiger partial charge in [0.1, 0.15) is 0 Å². The normalized spacial score (nSPS) is 17.4. The van der Waals surface area contributed by atoms with Gasteiger partial charge in [-0.1, -0.05) is 12.1 Å². The van der Waals surface area contributed by atoms with Crippen molar-refractivity contribution in [3.05, 3.63) is 35.4 Å². The summed E-state index contributed by atoms with van der Waals surface area (Å²) in [5.74, 6) is -0.243. The predicted molar refractivity (Wildman–Crippen MR) is 93.7 cm³/mol. The summed E-state index contributed by atoms with van der Waals surface area (Å²) in [6.07, 6.45) is 3.09. The number of amides is 1. The second-order valence-corrected chi connectivity index (χ2v) is 8.78. The molecule has 1 aromatic carbocycles. The van der Waals surface area contributed by atoms with Gasteiger partial charge in [-0.05, 0) is 43.6 Å². The Balaban J connectivity index is 2.02. The summed E-state index contributed by atoms with van der Waals surface area (Å²) in [4.78, 5) is 12.4. The molecule has 2 N–H and O–H groups in total. The van der Waals surface area contributed by atoms with Gasteiger partial charge in [-0.15, -0.1) is 0 Å². The maximum atomic E-state index is 12.4. The first-order valence-electron chi connectivity index (χ1n) is 8.08. The SMILES string of the molecule is COCC1(CNC(=O)c2cccc(CS(C)(=O)=O)c2)CCNCC1. The lowest BCUT2D eigenvalue weighted by molar-refractivity contribution is 0.0511. The molecule has 0 unspecified atom stereocenters. The van der Waals surface area contributed by atoms with Crippen LogP contribution in [0.1, 0.15) is 28.8 Å². The smallest absolute Gasteiger partial charge is 0.251 e. The molecular weight excluding hydrogens is 328 g/mol. The number of piperidine rings is 1. The van der Waals surface area contributed by atoms with E-state index in [1.54, 1.807) is 31.4 Å². The van der Waals surface area contributed by atoms with E-state index in [0.717, 1.165) is 25.9 Å². The van der Waals surface area contributed by atoms with Gasteiger partial charge >= 0.3 is 0 Å². The number of hydrogen-bond donors (Lipinski definition) is 2. The Kier molecular flexibility index (Phi) is 6.37. The number of carbonyl (C=O) groups excluding carboxylic acids is 1. The van der Waals surface area contributed by atoms with Crippen LogP contribution in [0.2, 0.25) is 0 Å². The zero-order valence-corrected chi connectivity index (χ0v) is 15.1. The van der Waals surface area contributed by atoms with Crippen molar-refractivity contribution in [2.45, 2.75) is 18.6 Å². The van der Waals surface area contributed by atoms with Crippen molar-refractivity contribution in [2.75, 3.05) is 39.6 Å². The molecule has 7 heteroatoms. The van der Waals surface area contributed by atoms with Crippen LogP contribution >= 0.6 is 0 Å². The van der Waals surface area contributed by atoms with Crippen LogP contribution in [0, 0.1) is 5.41 Å². The molecule has 2 rings (SSSR count). The van der Waals surface area contributed by atoms with Crippen molar-refractivity contribution in [3.63, 3.8) is 0 Å². The Hall–Kier alpha value is -1.44. The number of benzene rings is 1. The third-order valence-corrected chi connectivity index (χ3v) is 5.21. The number of carbonyl (C=O) groups is 1. The molecule has 0 bridgehead atoms. The van der Waals surface area contributed by atoms with E-state index in [1.165, 1.54) is 6.26 Å². The number of sulfone groups is 1. The van der Waals surface area contributed by atoms with E-state index < -0.39 is 9.84 Å². The highest BCUT2D eigenvalue weighted by Crippen LogP contribution is 2.28. The molecule has 24 heavy (non-hydrogen) atoms. The number of ether oxygens (including phenoxy) is 1. The van der Waals surface area contributed by atoms with E-state index in [2.05, 4.69) is 10.6 Å². The lowest BCUT2D eigenvalue weighted by Gasteiger charge is -2.37. The van der Waals surface area contributed by atoms with Crippen LogP contribution in [0.15, 0.2) is 24.3 Å². The van der Waals surface area contributed by atoms with E-state index in [1.807, 2.05) is 0 Å². The highest BCUT2D eigenvalue weighted by Gasteiger charge is 2.32. The van der Waals surface area contributed by atoms with Crippen LogP contribution in [0.25, 0.3) is 0 Å². The Morgan fingerprint density at radius 1 is 1.33 bits per heavy atom. The molecule has 0 saturated carbocycles. The van der Waals surface area contributed by atoms with Gasteiger partial charge in [-0.2, -0.15) is 0 Å². The minimum Gasteiger partial charge on any atom is -0.384 e. The van der Waals surface area contributed by atoms with Crippen molar-refractivity contribution in [2.24, 2.45) is 5.41 Å². The third kappa shape index (κ3) is 5.58. The molecule has 1 aromatic rings. The molecule has 0 aromatic heterocycles. The highest BCUT2D eigenvalue weighted by atomic mass is 32.2. The number of methoxy groups -OCH3 is 1. The molecule has 0 radical (unpaired) electrons. The van der Waals surface area contributed by atoms with E-state index in [0.29, 0.717) is 24.3 Å². The summed E-state index contributed by atoms with van der Waals surface area (Å²) in [5.41, 5.74) is 1.07. The van der Waals surface area contributed by atoms with Crippen LogP contribution in [-0.4, -0.2) is 53.9 Å². The molecule has 6 nitrogen and oxygen atoms in total. The summed E-state index contributed by atoms with van der Waals surface area (Å²) in [6.45, 7) is 3.01. The predicted octanol–water partition coefficient (Wildman–Crippen LogP) is 0.977. The monoisotopic (exact) mass is 354 g/mol. The largest absolute Gasteiger partial charge is 0.384 e. The molecule has 0 aliphatic carbocycles. The second-order valence-electron chi connectivity index (χ2n) is 6.64. The lowest BCUT2D eigenvalue weighted by atomic mass is 9.79. The Morgan fingerprint density at radius 3 is 2.67 bits per heavy atom. The highest BCUT2D eigenvalue weighted by molar-refractivity contribution is 7.89. The van der Waals surface area contributed by atoms with Gasteiger partial charge in [0.05, 0.1) is 12.4 Å². The van der Waals surface area contributed by atoms with Crippen molar-refractivity contribution in [1.82, 2.24) is 10.6 Å². The molecule has 1 saturated heterocycles.